The van der Waals surface area contributed by atoms with Crippen molar-refractivity contribution in [1.29, 1.82) is 0 Å². The fourth-order valence-corrected chi connectivity index (χ4v) is 1.68. The topological polar surface area (TPSA) is 21.6 Å². The van der Waals surface area contributed by atoms with Gasteiger partial charge >= 0.3 is 0 Å². The standard InChI is InChI=1S/C15H13F2NO/c1-19-15-8-12(16)7-14(17)13(15)10-18-9-11-5-3-2-4-6-11/h2-8,10H,9H2,1H3. The van der Waals surface area contributed by atoms with Gasteiger partial charge < -0.3 is 4.74 Å². The predicted octanol–water partition coefficient (Wildman–Crippen LogP) is 3.59. The molecule has 2 aromatic rings. The predicted molar refractivity (Wildman–Crippen MR) is 70.7 cm³/mol. The molecule has 0 aliphatic heterocycles. The first kappa shape index (κ1) is 13.2. The molecule has 0 atom stereocenters. The van der Waals surface area contributed by atoms with Gasteiger partial charge in [0.2, 0.25) is 0 Å². The van der Waals surface area contributed by atoms with Crippen LogP contribution in [0.15, 0.2) is 47.5 Å². The summed E-state index contributed by atoms with van der Waals surface area (Å²) in [6.45, 7) is 0.431. The lowest BCUT2D eigenvalue weighted by atomic mass is 10.2. The molecule has 2 rings (SSSR count). The van der Waals surface area contributed by atoms with Crippen molar-refractivity contribution >= 4 is 6.21 Å². The van der Waals surface area contributed by atoms with Crippen molar-refractivity contribution in [1.82, 2.24) is 0 Å². The molecular formula is C15H13F2NO. The molecule has 4 heteroatoms. The summed E-state index contributed by atoms with van der Waals surface area (Å²) in [7, 11) is 1.36. The van der Waals surface area contributed by atoms with E-state index in [0.29, 0.717) is 6.54 Å². The van der Waals surface area contributed by atoms with E-state index in [1.54, 1.807) is 0 Å². The number of rotatable bonds is 4. The number of halogens is 2. The normalized spacial score (nSPS) is 10.9. The smallest absolute Gasteiger partial charge is 0.138 e. The zero-order valence-corrected chi connectivity index (χ0v) is 10.4. The van der Waals surface area contributed by atoms with E-state index in [0.717, 1.165) is 17.7 Å². The molecule has 0 unspecified atom stereocenters. The summed E-state index contributed by atoms with van der Waals surface area (Å²) in [6, 6.07) is 11.5. The Balaban J connectivity index is 2.19. The third kappa shape index (κ3) is 3.37. The first-order valence-electron chi connectivity index (χ1n) is 5.77. The van der Waals surface area contributed by atoms with Crippen molar-refractivity contribution in [2.75, 3.05) is 7.11 Å². The van der Waals surface area contributed by atoms with Gasteiger partial charge in [0.15, 0.2) is 0 Å². The van der Waals surface area contributed by atoms with E-state index in [2.05, 4.69) is 4.99 Å². The van der Waals surface area contributed by atoms with E-state index in [1.807, 2.05) is 30.3 Å². The molecule has 0 heterocycles. The Bertz CT molecular complexity index is 582. The van der Waals surface area contributed by atoms with Crippen LogP contribution in [0.1, 0.15) is 11.1 Å². The first-order valence-corrected chi connectivity index (χ1v) is 5.77. The summed E-state index contributed by atoms with van der Waals surface area (Å²) in [5.41, 5.74) is 1.17. The molecule has 0 aliphatic carbocycles. The molecule has 0 spiro atoms. The minimum atomic E-state index is -0.686. The molecule has 0 fully saturated rings. The highest BCUT2D eigenvalue weighted by atomic mass is 19.1. The van der Waals surface area contributed by atoms with Crippen LogP contribution in [0.3, 0.4) is 0 Å². The highest BCUT2D eigenvalue weighted by Crippen LogP contribution is 2.21. The molecule has 0 N–H and O–H groups in total. The Morgan fingerprint density at radius 2 is 1.89 bits per heavy atom. The lowest BCUT2D eigenvalue weighted by Gasteiger charge is -2.05. The second-order valence-corrected chi connectivity index (χ2v) is 3.96. The van der Waals surface area contributed by atoms with Crippen molar-refractivity contribution in [3.63, 3.8) is 0 Å². The summed E-state index contributed by atoms with van der Waals surface area (Å²) < 4.78 is 31.6. The molecule has 0 saturated heterocycles. The maximum Gasteiger partial charge on any atom is 0.138 e. The van der Waals surface area contributed by atoms with Crippen LogP contribution in [-0.2, 0) is 6.54 Å². The zero-order valence-electron chi connectivity index (χ0n) is 10.4. The van der Waals surface area contributed by atoms with Gasteiger partial charge in [0.25, 0.3) is 0 Å². The van der Waals surface area contributed by atoms with E-state index in [-0.39, 0.29) is 11.3 Å². The van der Waals surface area contributed by atoms with Gasteiger partial charge in [0.05, 0.1) is 19.2 Å². The first-order chi connectivity index (χ1) is 9.20. The van der Waals surface area contributed by atoms with Gasteiger partial charge in [-0.1, -0.05) is 30.3 Å². The van der Waals surface area contributed by atoms with Crippen molar-refractivity contribution in [2.24, 2.45) is 4.99 Å². The van der Waals surface area contributed by atoms with E-state index >= 15 is 0 Å². The molecule has 2 aromatic carbocycles. The van der Waals surface area contributed by atoms with Crippen molar-refractivity contribution in [2.45, 2.75) is 6.54 Å². The van der Waals surface area contributed by atoms with Crippen LogP contribution in [0.4, 0.5) is 8.78 Å². The molecular weight excluding hydrogens is 248 g/mol. The van der Waals surface area contributed by atoms with Crippen LogP contribution in [-0.4, -0.2) is 13.3 Å². The van der Waals surface area contributed by atoms with Crippen LogP contribution in [0, 0.1) is 11.6 Å². The van der Waals surface area contributed by atoms with E-state index in [9.17, 15) is 8.78 Å². The Morgan fingerprint density at radius 1 is 1.16 bits per heavy atom. The van der Waals surface area contributed by atoms with Crippen LogP contribution in [0.25, 0.3) is 0 Å². The van der Waals surface area contributed by atoms with Gasteiger partial charge in [0, 0.05) is 18.3 Å². The fourth-order valence-electron chi connectivity index (χ4n) is 1.68. The summed E-state index contributed by atoms with van der Waals surface area (Å²) in [5, 5.41) is 0. The second-order valence-electron chi connectivity index (χ2n) is 3.96. The number of methoxy groups -OCH3 is 1. The van der Waals surface area contributed by atoms with Crippen LogP contribution in [0.2, 0.25) is 0 Å². The monoisotopic (exact) mass is 261 g/mol. The lowest BCUT2D eigenvalue weighted by molar-refractivity contribution is 0.406. The number of hydrogen-bond acceptors (Lipinski definition) is 2. The van der Waals surface area contributed by atoms with Gasteiger partial charge in [-0.2, -0.15) is 0 Å². The van der Waals surface area contributed by atoms with Gasteiger partial charge in [-0.3, -0.25) is 4.99 Å². The third-order valence-corrected chi connectivity index (χ3v) is 2.61. The van der Waals surface area contributed by atoms with E-state index in [1.165, 1.54) is 13.3 Å². The van der Waals surface area contributed by atoms with Crippen LogP contribution in [0.5, 0.6) is 5.75 Å². The Kier molecular flexibility index (Phi) is 4.23. The van der Waals surface area contributed by atoms with Crippen molar-refractivity contribution in [3.8, 4) is 5.75 Å². The minimum absolute atomic E-state index is 0.134. The van der Waals surface area contributed by atoms with Gasteiger partial charge in [-0.15, -0.1) is 0 Å². The van der Waals surface area contributed by atoms with Gasteiger partial charge in [0.1, 0.15) is 17.4 Å². The average Bonchev–Trinajstić information content (AvgIpc) is 2.42. The second kappa shape index (κ2) is 6.09. The van der Waals surface area contributed by atoms with Gasteiger partial charge in [-0.25, -0.2) is 8.78 Å². The third-order valence-electron chi connectivity index (χ3n) is 2.61. The molecule has 0 saturated carbocycles. The van der Waals surface area contributed by atoms with E-state index in [4.69, 9.17) is 4.74 Å². The lowest BCUT2D eigenvalue weighted by Crippen LogP contribution is -1.97. The number of nitrogens with zero attached hydrogens (tertiary/aromatic N) is 1. The average molecular weight is 261 g/mol. The highest BCUT2D eigenvalue weighted by molar-refractivity contribution is 5.83. The number of aliphatic imine (C=N–C) groups is 1. The maximum atomic E-state index is 13.6. The molecule has 0 aromatic heterocycles. The Morgan fingerprint density at radius 3 is 2.58 bits per heavy atom. The quantitative estimate of drug-likeness (QED) is 0.771. The molecule has 0 radical (unpaired) electrons. The van der Waals surface area contributed by atoms with Crippen LogP contribution < -0.4 is 4.74 Å². The van der Waals surface area contributed by atoms with E-state index < -0.39 is 11.6 Å². The summed E-state index contributed by atoms with van der Waals surface area (Å²) in [4.78, 5) is 4.14. The zero-order chi connectivity index (χ0) is 13.7. The molecule has 0 aliphatic rings. The Hall–Kier alpha value is -2.23. The molecule has 98 valence electrons. The highest BCUT2D eigenvalue weighted by Gasteiger charge is 2.09. The van der Waals surface area contributed by atoms with Crippen molar-refractivity contribution in [3.05, 3.63) is 65.2 Å². The SMILES string of the molecule is COc1cc(F)cc(F)c1C=NCc1ccccc1. The largest absolute Gasteiger partial charge is 0.496 e. The van der Waals surface area contributed by atoms with Gasteiger partial charge in [-0.05, 0) is 5.56 Å². The summed E-state index contributed by atoms with van der Waals surface area (Å²) >= 11 is 0. The number of benzene rings is 2. The molecule has 19 heavy (non-hydrogen) atoms. The fraction of sp³-hybridized carbons (Fsp3) is 0.133. The number of ether oxygens (including phenoxy) is 1. The minimum Gasteiger partial charge on any atom is -0.496 e. The van der Waals surface area contributed by atoms with Crippen molar-refractivity contribution < 1.29 is 13.5 Å². The molecule has 2 nitrogen and oxygen atoms in total. The number of hydrogen-bond donors (Lipinski definition) is 0. The maximum absolute atomic E-state index is 13.6. The van der Waals surface area contributed by atoms with Crippen LogP contribution >= 0.6 is 0 Å². The summed E-state index contributed by atoms with van der Waals surface area (Å²) in [6.07, 6.45) is 1.36. The molecule has 0 amide bonds. The summed E-state index contributed by atoms with van der Waals surface area (Å²) in [5.74, 6) is -1.22. The molecule has 0 bridgehead atoms. The Labute approximate surface area is 110 Å².